The zero-order chi connectivity index (χ0) is 13.1. The minimum absolute atomic E-state index is 0.263. The van der Waals surface area contributed by atoms with E-state index < -0.39 is 0 Å². The molecule has 2 nitrogen and oxygen atoms in total. The summed E-state index contributed by atoms with van der Waals surface area (Å²) in [5.41, 5.74) is 5.18. The van der Waals surface area contributed by atoms with E-state index in [2.05, 4.69) is 53.3 Å². The molecule has 0 saturated heterocycles. The van der Waals surface area contributed by atoms with Crippen LogP contribution >= 0.6 is 15.9 Å². The highest BCUT2D eigenvalue weighted by molar-refractivity contribution is 9.10. The average molecular weight is 308 g/mol. The maximum Gasteiger partial charge on any atom is 0.173 e. The first-order chi connectivity index (χ1) is 8.61. The third-order valence-electron chi connectivity index (χ3n) is 3.30. The Kier molecular flexibility index (Phi) is 4.25. The summed E-state index contributed by atoms with van der Waals surface area (Å²) in [6.07, 6.45) is 2.68. The molecule has 0 spiro atoms. The van der Waals surface area contributed by atoms with Gasteiger partial charge in [0.05, 0.1) is 6.26 Å². The number of hydrogen-bond acceptors (Lipinski definition) is 2. The van der Waals surface area contributed by atoms with E-state index in [-0.39, 0.29) is 6.04 Å². The molecule has 0 amide bonds. The van der Waals surface area contributed by atoms with E-state index in [1.54, 1.807) is 6.26 Å². The molecule has 1 N–H and O–H groups in total. The van der Waals surface area contributed by atoms with Crippen LogP contribution in [0.25, 0.3) is 0 Å². The first kappa shape index (κ1) is 13.4. The molecule has 1 heterocycles. The molecule has 1 aromatic carbocycles. The first-order valence-electron chi connectivity index (χ1n) is 6.08. The number of nitrogens with one attached hydrogen (secondary N) is 1. The summed E-state index contributed by atoms with van der Waals surface area (Å²) in [5, 5.41) is 3.35. The predicted molar refractivity (Wildman–Crippen MR) is 77.8 cm³/mol. The van der Waals surface area contributed by atoms with Gasteiger partial charge in [-0.2, -0.15) is 0 Å². The van der Waals surface area contributed by atoms with Crippen molar-refractivity contribution in [2.75, 3.05) is 7.05 Å². The van der Waals surface area contributed by atoms with Crippen LogP contribution in [0, 0.1) is 13.8 Å². The van der Waals surface area contributed by atoms with Gasteiger partial charge in [0.15, 0.2) is 4.67 Å². The number of furan rings is 1. The lowest BCUT2D eigenvalue weighted by Gasteiger charge is -2.17. The van der Waals surface area contributed by atoms with Gasteiger partial charge in [-0.15, -0.1) is 0 Å². The normalized spacial score (nSPS) is 12.7. The summed E-state index contributed by atoms with van der Waals surface area (Å²) in [5.74, 6) is 0. The summed E-state index contributed by atoms with van der Waals surface area (Å²) >= 11 is 3.45. The Morgan fingerprint density at radius 1 is 1.28 bits per heavy atom. The number of benzene rings is 1. The lowest BCUT2D eigenvalue weighted by molar-refractivity contribution is 0.518. The van der Waals surface area contributed by atoms with Crippen LogP contribution in [0.15, 0.2) is 39.6 Å². The monoisotopic (exact) mass is 307 g/mol. The highest BCUT2D eigenvalue weighted by atomic mass is 79.9. The van der Waals surface area contributed by atoms with Crippen LogP contribution < -0.4 is 5.32 Å². The first-order valence-corrected chi connectivity index (χ1v) is 6.87. The molecule has 0 radical (unpaired) electrons. The van der Waals surface area contributed by atoms with Gasteiger partial charge >= 0.3 is 0 Å². The Morgan fingerprint density at radius 3 is 2.67 bits per heavy atom. The summed E-state index contributed by atoms with van der Waals surface area (Å²) in [7, 11) is 1.98. The van der Waals surface area contributed by atoms with Gasteiger partial charge in [0.1, 0.15) is 0 Å². The van der Waals surface area contributed by atoms with E-state index >= 15 is 0 Å². The molecular formula is C15H18BrNO. The molecule has 96 valence electrons. The van der Waals surface area contributed by atoms with Gasteiger partial charge < -0.3 is 9.73 Å². The predicted octanol–water partition coefficient (Wildman–Crippen LogP) is 4.16. The fraction of sp³-hybridized carbons (Fsp3) is 0.333. The number of hydrogen-bond donors (Lipinski definition) is 1. The third-order valence-corrected chi connectivity index (χ3v) is 3.94. The molecule has 0 aliphatic carbocycles. The van der Waals surface area contributed by atoms with E-state index in [1.807, 2.05) is 13.1 Å². The van der Waals surface area contributed by atoms with Crippen molar-refractivity contribution in [3.63, 3.8) is 0 Å². The van der Waals surface area contributed by atoms with Crippen molar-refractivity contribution in [3.05, 3.63) is 57.5 Å². The van der Waals surface area contributed by atoms with Gasteiger partial charge in [0, 0.05) is 11.6 Å². The molecule has 1 aromatic heterocycles. The summed E-state index contributed by atoms with van der Waals surface area (Å²) in [4.78, 5) is 0. The SMILES string of the molecule is CNC(Cc1cc(C)ccc1C)c1ccoc1Br. The molecule has 0 bridgehead atoms. The van der Waals surface area contributed by atoms with Crippen molar-refractivity contribution in [1.82, 2.24) is 5.32 Å². The quantitative estimate of drug-likeness (QED) is 0.917. The highest BCUT2D eigenvalue weighted by Crippen LogP contribution is 2.28. The second kappa shape index (κ2) is 5.72. The van der Waals surface area contributed by atoms with Crippen molar-refractivity contribution in [3.8, 4) is 0 Å². The van der Waals surface area contributed by atoms with Crippen LogP contribution in [-0.2, 0) is 6.42 Å². The van der Waals surface area contributed by atoms with Crippen molar-refractivity contribution in [2.45, 2.75) is 26.3 Å². The number of rotatable bonds is 4. The molecule has 3 heteroatoms. The molecule has 0 aliphatic heterocycles. The van der Waals surface area contributed by atoms with Gasteiger partial charge in [0.25, 0.3) is 0 Å². The Bertz CT molecular complexity index is 533. The number of aryl methyl sites for hydroxylation is 2. The molecule has 2 rings (SSSR count). The fourth-order valence-electron chi connectivity index (χ4n) is 2.16. The molecule has 18 heavy (non-hydrogen) atoms. The standard InChI is InChI=1S/C15H18BrNO/c1-10-4-5-11(2)12(8-10)9-14(17-3)13-6-7-18-15(13)16/h4-8,14,17H,9H2,1-3H3. The molecule has 1 unspecified atom stereocenters. The van der Waals surface area contributed by atoms with Gasteiger partial charge in [-0.25, -0.2) is 0 Å². The van der Waals surface area contributed by atoms with E-state index in [9.17, 15) is 0 Å². The largest absolute Gasteiger partial charge is 0.457 e. The Hall–Kier alpha value is -1.06. The van der Waals surface area contributed by atoms with Crippen LogP contribution in [0.3, 0.4) is 0 Å². The van der Waals surface area contributed by atoms with Crippen molar-refractivity contribution in [1.29, 1.82) is 0 Å². The Labute approximate surface area is 117 Å². The fourth-order valence-corrected chi connectivity index (χ4v) is 2.68. The van der Waals surface area contributed by atoms with Gasteiger partial charge in [-0.3, -0.25) is 0 Å². The minimum Gasteiger partial charge on any atom is -0.457 e. The lowest BCUT2D eigenvalue weighted by Crippen LogP contribution is -2.19. The van der Waals surface area contributed by atoms with Gasteiger partial charge in [-0.05, 0) is 60.4 Å². The lowest BCUT2D eigenvalue weighted by atomic mass is 9.96. The summed E-state index contributed by atoms with van der Waals surface area (Å²) in [6.45, 7) is 4.29. The van der Waals surface area contributed by atoms with Crippen LogP contribution in [-0.4, -0.2) is 7.05 Å². The second-order valence-corrected chi connectivity index (χ2v) is 5.35. The third kappa shape index (κ3) is 2.85. The summed E-state index contributed by atoms with van der Waals surface area (Å²) in [6, 6.07) is 8.87. The van der Waals surface area contributed by atoms with Crippen LogP contribution in [0.2, 0.25) is 0 Å². The van der Waals surface area contributed by atoms with E-state index in [1.165, 1.54) is 22.3 Å². The molecule has 2 aromatic rings. The van der Waals surface area contributed by atoms with Crippen LogP contribution in [0.5, 0.6) is 0 Å². The van der Waals surface area contributed by atoms with Crippen molar-refractivity contribution in [2.24, 2.45) is 0 Å². The minimum atomic E-state index is 0.263. The molecule has 0 fully saturated rings. The van der Waals surface area contributed by atoms with Crippen LogP contribution in [0.4, 0.5) is 0 Å². The average Bonchev–Trinajstić information content (AvgIpc) is 2.77. The van der Waals surface area contributed by atoms with Crippen molar-refractivity contribution < 1.29 is 4.42 Å². The maximum absolute atomic E-state index is 5.32. The Balaban J connectivity index is 2.26. The number of halogens is 1. The molecular weight excluding hydrogens is 290 g/mol. The topological polar surface area (TPSA) is 25.2 Å². The maximum atomic E-state index is 5.32. The number of likely N-dealkylation sites (N-methyl/N-ethyl adjacent to an activating group) is 1. The summed E-state index contributed by atoms with van der Waals surface area (Å²) < 4.78 is 6.13. The van der Waals surface area contributed by atoms with E-state index in [0.717, 1.165) is 11.1 Å². The zero-order valence-electron chi connectivity index (χ0n) is 11.0. The van der Waals surface area contributed by atoms with Gasteiger partial charge in [0.2, 0.25) is 0 Å². The van der Waals surface area contributed by atoms with E-state index in [0.29, 0.717) is 0 Å². The van der Waals surface area contributed by atoms with Gasteiger partial charge in [-0.1, -0.05) is 23.8 Å². The molecule has 0 aliphatic rings. The Morgan fingerprint density at radius 2 is 2.06 bits per heavy atom. The second-order valence-electron chi connectivity index (χ2n) is 4.62. The zero-order valence-corrected chi connectivity index (χ0v) is 12.5. The molecule has 0 saturated carbocycles. The molecule has 1 atom stereocenters. The van der Waals surface area contributed by atoms with Crippen LogP contribution in [0.1, 0.15) is 28.3 Å². The van der Waals surface area contributed by atoms with Crippen molar-refractivity contribution >= 4 is 15.9 Å². The highest BCUT2D eigenvalue weighted by Gasteiger charge is 2.16. The van der Waals surface area contributed by atoms with E-state index in [4.69, 9.17) is 4.42 Å². The smallest absolute Gasteiger partial charge is 0.173 e.